The predicted molar refractivity (Wildman–Crippen MR) is 65.0 cm³/mol. The molecule has 17 heavy (non-hydrogen) atoms. The van der Waals surface area contributed by atoms with Crippen molar-refractivity contribution in [2.24, 2.45) is 0 Å². The third-order valence-corrected chi connectivity index (χ3v) is 2.56. The van der Waals surface area contributed by atoms with Gasteiger partial charge in [-0.2, -0.15) is 5.10 Å². The largest absolute Gasteiger partial charge is 0.322 e. The molecule has 0 aliphatic rings. The first-order valence-corrected chi connectivity index (χ1v) is 5.67. The minimum Gasteiger partial charge on any atom is -0.322 e. The lowest BCUT2D eigenvalue weighted by molar-refractivity contribution is -0.116. The third-order valence-electron chi connectivity index (χ3n) is 2.07. The smallest absolute Gasteiger partial charge is 0.246 e. The average Bonchev–Trinajstić information content (AvgIpc) is 2.75. The lowest BCUT2D eigenvalue weighted by atomic mass is 10.3. The van der Waals surface area contributed by atoms with Crippen molar-refractivity contribution in [2.45, 2.75) is 6.54 Å². The highest BCUT2D eigenvalue weighted by Crippen LogP contribution is 2.19. The standard InChI is InChI=1S/C11H9BrFN3O/c12-8-2-3-10(9(13)6-8)15-11(17)7-16-5-1-4-14-16/h1-6H,7H2,(H,15,17). The molecule has 1 heterocycles. The Balaban J connectivity index is 2.03. The molecule has 88 valence electrons. The van der Waals surface area contributed by atoms with Gasteiger partial charge in [0.25, 0.3) is 0 Å². The SMILES string of the molecule is O=C(Cn1cccn1)Nc1ccc(Br)cc1F. The molecule has 2 aromatic rings. The Bertz CT molecular complexity index is 528. The maximum Gasteiger partial charge on any atom is 0.246 e. The molecular weight excluding hydrogens is 289 g/mol. The number of nitrogens with one attached hydrogen (secondary N) is 1. The van der Waals surface area contributed by atoms with Crippen LogP contribution in [-0.4, -0.2) is 15.7 Å². The number of hydrogen-bond acceptors (Lipinski definition) is 2. The Labute approximate surface area is 106 Å². The number of anilines is 1. The molecule has 4 nitrogen and oxygen atoms in total. The average molecular weight is 298 g/mol. The van der Waals surface area contributed by atoms with Gasteiger partial charge in [0.2, 0.25) is 5.91 Å². The molecule has 0 fully saturated rings. The minimum absolute atomic E-state index is 0.0580. The molecule has 0 atom stereocenters. The lowest BCUT2D eigenvalue weighted by Crippen LogP contribution is -2.19. The van der Waals surface area contributed by atoms with Crippen LogP contribution in [0.1, 0.15) is 0 Å². The Morgan fingerprint density at radius 3 is 3.00 bits per heavy atom. The van der Waals surface area contributed by atoms with Crippen LogP contribution in [0, 0.1) is 5.82 Å². The van der Waals surface area contributed by atoms with Crippen molar-refractivity contribution in [2.75, 3.05) is 5.32 Å². The Kier molecular flexibility index (Phi) is 3.53. The maximum absolute atomic E-state index is 13.4. The molecule has 1 aromatic carbocycles. The van der Waals surface area contributed by atoms with E-state index in [0.29, 0.717) is 4.47 Å². The van der Waals surface area contributed by atoms with Crippen LogP contribution in [0.15, 0.2) is 41.1 Å². The number of carbonyl (C=O) groups is 1. The van der Waals surface area contributed by atoms with Crippen LogP contribution < -0.4 is 5.32 Å². The van der Waals surface area contributed by atoms with E-state index < -0.39 is 5.82 Å². The third kappa shape index (κ3) is 3.13. The van der Waals surface area contributed by atoms with Gasteiger partial charge >= 0.3 is 0 Å². The van der Waals surface area contributed by atoms with Crippen molar-refractivity contribution in [1.29, 1.82) is 0 Å². The summed E-state index contributed by atoms with van der Waals surface area (Å²) < 4.78 is 15.5. The zero-order valence-electron chi connectivity index (χ0n) is 8.73. The number of amides is 1. The van der Waals surface area contributed by atoms with Gasteiger partial charge in [-0.05, 0) is 24.3 Å². The van der Waals surface area contributed by atoms with Gasteiger partial charge < -0.3 is 5.32 Å². The second kappa shape index (κ2) is 5.09. The highest BCUT2D eigenvalue weighted by atomic mass is 79.9. The lowest BCUT2D eigenvalue weighted by Gasteiger charge is -2.06. The van der Waals surface area contributed by atoms with E-state index in [2.05, 4.69) is 26.3 Å². The fourth-order valence-corrected chi connectivity index (χ4v) is 1.65. The number of aromatic nitrogens is 2. The van der Waals surface area contributed by atoms with E-state index in [1.54, 1.807) is 24.5 Å². The first-order valence-electron chi connectivity index (χ1n) is 4.87. The molecule has 0 saturated heterocycles. The van der Waals surface area contributed by atoms with E-state index in [1.807, 2.05) is 0 Å². The van der Waals surface area contributed by atoms with E-state index in [-0.39, 0.29) is 18.1 Å². The highest BCUT2D eigenvalue weighted by molar-refractivity contribution is 9.10. The van der Waals surface area contributed by atoms with Crippen molar-refractivity contribution in [1.82, 2.24) is 9.78 Å². The van der Waals surface area contributed by atoms with Crippen molar-refractivity contribution in [3.8, 4) is 0 Å². The summed E-state index contributed by atoms with van der Waals surface area (Å²) in [4.78, 5) is 11.6. The summed E-state index contributed by atoms with van der Waals surface area (Å²) in [5.41, 5.74) is 0.158. The fourth-order valence-electron chi connectivity index (χ4n) is 1.32. The summed E-state index contributed by atoms with van der Waals surface area (Å²) in [6, 6.07) is 6.17. The molecule has 6 heteroatoms. The Morgan fingerprint density at radius 1 is 1.53 bits per heavy atom. The van der Waals surface area contributed by atoms with E-state index in [0.717, 1.165) is 0 Å². The first kappa shape index (κ1) is 11.8. The molecular formula is C11H9BrFN3O. The molecule has 1 amide bonds. The van der Waals surface area contributed by atoms with Crippen molar-refractivity contribution in [3.05, 3.63) is 46.9 Å². The van der Waals surface area contributed by atoms with Gasteiger partial charge in [0.1, 0.15) is 12.4 Å². The van der Waals surface area contributed by atoms with Crippen LogP contribution in [0.25, 0.3) is 0 Å². The molecule has 0 aliphatic heterocycles. The predicted octanol–water partition coefficient (Wildman–Crippen LogP) is 2.42. The normalized spacial score (nSPS) is 10.2. The van der Waals surface area contributed by atoms with E-state index in [1.165, 1.54) is 16.8 Å². The highest BCUT2D eigenvalue weighted by Gasteiger charge is 2.07. The summed E-state index contributed by atoms with van der Waals surface area (Å²) in [7, 11) is 0. The fraction of sp³-hybridized carbons (Fsp3) is 0.0909. The second-order valence-corrected chi connectivity index (χ2v) is 4.29. The van der Waals surface area contributed by atoms with Gasteiger partial charge in [-0.15, -0.1) is 0 Å². The molecule has 0 saturated carbocycles. The van der Waals surface area contributed by atoms with Crippen LogP contribution in [0.4, 0.5) is 10.1 Å². The molecule has 0 unspecified atom stereocenters. The molecule has 0 spiro atoms. The zero-order valence-corrected chi connectivity index (χ0v) is 10.3. The number of nitrogens with zero attached hydrogens (tertiary/aromatic N) is 2. The quantitative estimate of drug-likeness (QED) is 0.946. The molecule has 1 aromatic heterocycles. The Hall–Kier alpha value is -1.69. The van der Waals surface area contributed by atoms with Crippen molar-refractivity contribution >= 4 is 27.5 Å². The van der Waals surface area contributed by atoms with Crippen LogP contribution >= 0.6 is 15.9 Å². The van der Waals surface area contributed by atoms with Gasteiger partial charge in [0.05, 0.1) is 5.69 Å². The van der Waals surface area contributed by atoms with E-state index in [9.17, 15) is 9.18 Å². The summed E-state index contributed by atoms with van der Waals surface area (Å²) in [5.74, 6) is -0.803. The van der Waals surface area contributed by atoms with Crippen LogP contribution in [0.3, 0.4) is 0 Å². The number of benzene rings is 1. The second-order valence-electron chi connectivity index (χ2n) is 3.38. The van der Waals surface area contributed by atoms with Crippen LogP contribution in [-0.2, 0) is 11.3 Å². The molecule has 1 N–H and O–H groups in total. The first-order chi connectivity index (χ1) is 8.15. The van der Waals surface area contributed by atoms with Gasteiger partial charge in [0.15, 0.2) is 0 Å². The van der Waals surface area contributed by atoms with Gasteiger partial charge in [-0.25, -0.2) is 4.39 Å². The van der Waals surface area contributed by atoms with Crippen molar-refractivity contribution in [3.63, 3.8) is 0 Å². The van der Waals surface area contributed by atoms with Crippen molar-refractivity contribution < 1.29 is 9.18 Å². The topological polar surface area (TPSA) is 46.9 Å². The summed E-state index contributed by atoms with van der Waals surface area (Å²) in [6.07, 6.45) is 3.24. The zero-order chi connectivity index (χ0) is 12.3. The monoisotopic (exact) mass is 297 g/mol. The number of rotatable bonds is 3. The summed E-state index contributed by atoms with van der Waals surface area (Å²) in [5, 5.41) is 6.37. The number of hydrogen-bond donors (Lipinski definition) is 1. The van der Waals surface area contributed by atoms with Gasteiger partial charge in [-0.1, -0.05) is 15.9 Å². The van der Waals surface area contributed by atoms with E-state index in [4.69, 9.17) is 0 Å². The molecule has 0 aliphatic carbocycles. The van der Waals surface area contributed by atoms with Gasteiger partial charge in [0, 0.05) is 16.9 Å². The molecule has 0 radical (unpaired) electrons. The molecule has 0 bridgehead atoms. The van der Waals surface area contributed by atoms with Gasteiger partial charge in [-0.3, -0.25) is 9.48 Å². The number of carbonyl (C=O) groups excluding carboxylic acids is 1. The molecule has 2 rings (SSSR count). The Morgan fingerprint density at radius 2 is 2.35 bits per heavy atom. The maximum atomic E-state index is 13.4. The van der Waals surface area contributed by atoms with Crippen LogP contribution in [0.5, 0.6) is 0 Å². The van der Waals surface area contributed by atoms with E-state index >= 15 is 0 Å². The summed E-state index contributed by atoms with van der Waals surface area (Å²) >= 11 is 3.14. The minimum atomic E-state index is -0.479. The number of halogens is 2. The van der Waals surface area contributed by atoms with Crippen LogP contribution in [0.2, 0.25) is 0 Å². The summed E-state index contributed by atoms with van der Waals surface area (Å²) in [6.45, 7) is 0.0580.